The third kappa shape index (κ3) is 3.07. The molecule has 1 rings (SSSR count). The van der Waals surface area contributed by atoms with Crippen molar-refractivity contribution in [2.75, 3.05) is 6.61 Å². The molecule has 78 valence electrons. The molecular formula is C11H18N2O. The van der Waals surface area contributed by atoms with Crippen LogP contribution < -0.4 is 0 Å². The van der Waals surface area contributed by atoms with E-state index in [2.05, 4.69) is 30.7 Å². The highest BCUT2D eigenvalue weighted by Gasteiger charge is 2.14. The van der Waals surface area contributed by atoms with Gasteiger partial charge in [-0.05, 0) is 17.9 Å². The summed E-state index contributed by atoms with van der Waals surface area (Å²) in [7, 11) is 0. The van der Waals surface area contributed by atoms with E-state index in [4.69, 9.17) is 4.74 Å². The lowest BCUT2D eigenvalue weighted by atomic mass is 9.89. The van der Waals surface area contributed by atoms with E-state index in [9.17, 15) is 0 Å². The highest BCUT2D eigenvalue weighted by molar-refractivity contribution is 5.15. The number of hydrogen-bond donors (Lipinski definition) is 0. The lowest BCUT2D eigenvalue weighted by Crippen LogP contribution is -2.13. The van der Waals surface area contributed by atoms with E-state index in [0.29, 0.717) is 13.2 Å². The van der Waals surface area contributed by atoms with Gasteiger partial charge in [0.15, 0.2) is 5.82 Å². The Bertz CT molecular complexity index is 274. The van der Waals surface area contributed by atoms with Crippen molar-refractivity contribution in [3.8, 4) is 0 Å². The van der Waals surface area contributed by atoms with Gasteiger partial charge in [-0.1, -0.05) is 20.8 Å². The predicted octanol–water partition coefficient (Wildman–Crippen LogP) is 2.31. The molecule has 0 aliphatic rings. The van der Waals surface area contributed by atoms with Gasteiger partial charge in [0.25, 0.3) is 0 Å². The summed E-state index contributed by atoms with van der Waals surface area (Å²) in [4.78, 5) is 8.49. The Morgan fingerprint density at radius 3 is 2.21 bits per heavy atom. The monoisotopic (exact) mass is 194 g/mol. The Balaban J connectivity index is 2.69. The predicted molar refractivity (Wildman–Crippen MR) is 56.1 cm³/mol. The highest BCUT2D eigenvalue weighted by Crippen LogP contribution is 2.19. The minimum atomic E-state index is 0.115. The zero-order chi connectivity index (χ0) is 10.6. The molecule has 3 heteroatoms. The van der Waals surface area contributed by atoms with Crippen molar-refractivity contribution >= 4 is 0 Å². The van der Waals surface area contributed by atoms with Crippen LogP contribution in [-0.2, 0) is 16.8 Å². The molecule has 1 heterocycles. The first-order chi connectivity index (χ1) is 6.54. The molecule has 0 atom stereocenters. The summed E-state index contributed by atoms with van der Waals surface area (Å²) in [6.45, 7) is 9.60. The van der Waals surface area contributed by atoms with Crippen LogP contribution in [0.25, 0.3) is 0 Å². The molecule has 0 spiro atoms. The second-order valence-corrected chi connectivity index (χ2v) is 4.28. The summed E-state index contributed by atoms with van der Waals surface area (Å²) in [5.41, 5.74) is 1.27. The maximum absolute atomic E-state index is 5.22. The Morgan fingerprint density at radius 2 is 1.79 bits per heavy atom. The lowest BCUT2D eigenvalue weighted by molar-refractivity contribution is 0.128. The van der Waals surface area contributed by atoms with Crippen LogP contribution >= 0.6 is 0 Å². The van der Waals surface area contributed by atoms with E-state index in [1.165, 1.54) is 0 Å². The first-order valence-corrected chi connectivity index (χ1v) is 4.93. The van der Waals surface area contributed by atoms with Crippen LogP contribution in [0.1, 0.15) is 39.1 Å². The Morgan fingerprint density at radius 1 is 1.21 bits per heavy atom. The van der Waals surface area contributed by atoms with Gasteiger partial charge in [-0.3, -0.25) is 0 Å². The van der Waals surface area contributed by atoms with Crippen LogP contribution in [0, 0.1) is 0 Å². The molecule has 0 aromatic carbocycles. The Kier molecular flexibility index (Phi) is 3.58. The molecular weight excluding hydrogens is 176 g/mol. The van der Waals surface area contributed by atoms with Gasteiger partial charge in [0.05, 0.1) is 0 Å². The first-order valence-electron chi connectivity index (χ1n) is 4.93. The number of rotatable bonds is 3. The van der Waals surface area contributed by atoms with Crippen molar-refractivity contribution in [2.45, 2.75) is 39.7 Å². The van der Waals surface area contributed by atoms with E-state index in [1.54, 1.807) is 0 Å². The standard InChI is InChI=1S/C11H18N2O/c1-5-14-8-10-12-6-9(7-13-10)11(2,3)4/h6-7H,5,8H2,1-4H3. The van der Waals surface area contributed by atoms with Crippen molar-refractivity contribution < 1.29 is 4.74 Å². The average Bonchev–Trinajstić information content (AvgIpc) is 2.14. The summed E-state index contributed by atoms with van der Waals surface area (Å²) >= 11 is 0. The van der Waals surface area contributed by atoms with Gasteiger partial charge < -0.3 is 4.74 Å². The van der Waals surface area contributed by atoms with Gasteiger partial charge in [-0.25, -0.2) is 9.97 Å². The van der Waals surface area contributed by atoms with Gasteiger partial charge in [0.1, 0.15) is 6.61 Å². The summed E-state index contributed by atoms with van der Waals surface area (Å²) < 4.78 is 5.22. The fraction of sp³-hybridized carbons (Fsp3) is 0.636. The summed E-state index contributed by atoms with van der Waals surface area (Å²) in [5.74, 6) is 0.750. The smallest absolute Gasteiger partial charge is 0.153 e. The molecule has 0 N–H and O–H groups in total. The topological polar surface area (TPSA) is 35.0 Å². The molecule has 0 fully saturated rings. The maximum Gasteiger partial charge on any atom is 0.153 e. The molecule has 0 aliphatic heterocycles. The van der Waals surface area contributed by atoms with E-state index in [1.807, 2.05) is 19.3 Å². The van der Waals surface area contributed by atoms with Crippen molar-refractivity contribution in [1.82, 2.24) is 9.97 Å². The lowest BCUT2D eigenvalue weighted by Gasteiger charge is -2.17. The third-order valence-electron chi connectivity index (χ3n) is 2.01. The number of hydrogen-bond acceptors (Lipinski definition) is 3. The van der Waals surface area contributed by atoms with Gasteiger partial charge in [0.2, 0.25) is 0 Å². The molecule has 0 bridgehead atoms. The number of aromatic nitrogens is 2. The third-order valence-corrected chi connectivity index (χ3v) is 2.01. The zero-order valence-corrected chi connectivity index (χ0v) is 9.37. The van der Waals surface area contributed by atoms with E-state index >= 15 is 0 Å². The van der Waals surface area contributed by atoms with Crippen LogP contribution in [0.5, 0.6) is 0 Å². The highest BCUT2D eigenvalue weighted by atomic mass is 16.5. The van der Waals surface area contributed by atoms with Gasteiger partial charge >= 0.3 is 0 Å². The maximum atomic E-state index is 5.22. The molecule has 1 aromatic heterocycles. The molecule has 1 aromatic rings. The molecule has 0 saturated heterocycles. The average molecular weight is 194 g/mol. The van der Waals surface area contributed by atoms with Gasteiger partial charge in [0, 0.05) is 19.0 Å². The van der Waals surface area contributed by atoms with Crippen molar-refractivity contribution in [3.05, 3.63) is 23.8 Å². The summed E-state index contributed by atoms with van der Waals surface area (Å²) in [6, 6.07) is 0. The summed E-state index contributed by atoms with van der Waals surface area (Å²) in [5, 5.41) is 0. The largest absolute Gasteiger partial charge is 0.374 e. The fourth-order valence-corrected chi connectivity index (χ4v) is 1.01. The van der Waals surface area contributed by atoms with Crippen LogP contribution in [0.2, 0.25) is 0 Å². The first kappa shape index (κ1) is 11.1. The Labute approximate surface area is 85.5 Å². The minimum Gasteiger partial charge on any atom is -0.374 e. The molecule has 0 saturated carbocycles. The second-order valence-electron chi connectivity index (χ2n) is 4.28. The van der Waals surface area contributed by atoms with Crippen LogP contribution in [0.4, 0.5) is 0 Å². The molecule has 0 aliphatic carbocycles. The zero-order valence-electron chi connectivity index (χ0n) is 9.37. The van der Waals surface area contributed by atoms with Gasteiger partial charge in [-0.15, -0.1) is 0 Å². The molecule has 14 heavy (non-hydrogen) atoms. The number of ether oxygens (including phenoxy) is 1. The molecule has 0 amide bonds. The van der Waals surface area contributed by atoms with Crippen molar-refractivity contribution in [3.63, 3.8) is 0 Å². The molecule has 3 nitrogen and oxygen atoms in total. The summed E-state index contributed by atoms with van der Waals surface area (Å²) in [6.07, 6.45) is 3.75. The van der Waals surface area contributed by atoms with E-state index in [-0.39, 0.29) is 5.41 Å². The molecule has 0 radical (unpaired) electrons. The number of nitrogens with zero attached hydrogens (tertiary/aromatic N) is 2. The SMILES string of the molecule is CCOCc1ncc(C(C)(C)C)cn1. The second kappa shape index (κ2) is 4.51. The normalized spacial score (nSPS) is 11.7. The van der Waals surface area contributed by atoms with Crippen LogP contribution in [0.3, 0.4) is 0 Å². The van der Waals surface area contributed by atoms with Crippen molar-refractivity contribution in [1.29, 1.82) is 0 Å². The quantitative estimate of drug-likeness (QED) is 0.740. The minimum absolute atomic E-state index is 0.115. The van der Waals surface area contributed by atoms with Crippen LogP contribution in [-0.4, -0.2) is 16.6 Å². The Hall–Kier alpha value is -0.960. The molecule has 0 unspecified atom stereocenters. The van der Waals surface area contributed by atoms with Gasteiger partial charge in [-0.2, -0.15) is 0 Å². The van der Waals surface area contributed by atoms with E-state index in [0.717, 1.165) is 11.4 Å². The van der Waals surface area contributed by atoms with E-state index < -0.39 is 0 Å². The van der Waals surface area contributed by atoms with Crippen molar-refractivity contribution in [2.24, 2.45) is 0 Å². The van der Waals surface area contributed by atoms with Crippen LogP contribution in [0.15, 0.2) is 12.4 Å². The fourth-order valence-electron chi connectivity index (χ4n) is 1.01.